The highest BCUT2D eigenvalue weighted by Crippen LogP contribution is 2.22. The standard InChI is InChI=1S/C20H28N4O5/c1-13(2)12-24-18(21)17(19(26)22-20(24)27)23(9-10-28-3)16(25)11-14-7-5-6-8-15(14)29-4/h5-8,13H,9-12,21H2,1-4H3,(H,22,26,27). The van der Waals surface area contributed by atoms with Crippen molar-refractivity contribution in [3.8, 4) is 5.75 Å². The van der Waals surface area contributed by atoms with E-state index >= 15 is 0 Å². The van der Waals surface area contributed by atoms with E-state index in [1.54, 1.807) is 24.3 Å². The number of carbonyl (C=O) groups excluding carboxylic acids is 1. The van der Waals surface area contributed by atoms with Crippen molar-refractivity contribution in [1.82, 2.24) is 9.55 Å². The van der Waals surface area contributed by atoms with Crippen molar-refractivity contribution < 1.29 is 14.3 Å². The molecule has 3 N–H and O–H groups in total. The van der Waals surface area contributed by atoms with Crippen molar-refractivity contribution in [3.05, 3.63) is 50.7 Å². The normalized spacial score (nSPS) is 10.9. The van der Waals surface area contributed by atoms with Gasteiger partial charge in [-0.05, 0) is 12.0 Å². The molecule has 1 amide bonds. The molecule has 0 bridgehead atoms. The van der Waals surface area contributed by atoms with Gasteiger partial charge in [-0.25, -0.2) is 4.79 Å². The Morgan fingerprint density at radius 1 is 1.24 bits per heavy atom. The number of nitrogens with zero attached hydrogens (tertiary/aromatic N) is 2. The fraction of sp³-hybridized carbons (Fsp3) is 0.450. The van der Waals surface area contributed by atoms with Crippen LogP contribution in [-0.2, 0) is 22.5 Å². The first-order valence-corrected chi connectivity index (χ1v) is 9.33. The Morgan fingerprint density at radius 2 is 1.93 bits per heavy atom. The second-order valence-corrected chi connectivity index (χ2v) is 7.02. The minimum Gasteiger partial charge on any atom is -0.496 e. The van der Waals surface area contributed by atoms with Crippen molar-refractivity contribution >= 4 is 17.4 Å². The third-order valence-electron chi connectivity index (χ3n) is 4.39. The van der Waals surface area contributed by atoms with Gasteiger partial charge in [0.05, 0.1) is 20.1 Å². The molecule has 0 radical (unpaired) electrons. The summed E-state index contributed by atoms with van der Waals surface area (Å²) in [6.45, 7) is 4.46. The lowest BCUT2D eigenvalue weighted by Crippen LogP contribution is -2.43. The van der Waals surface area contributed by atoms with Gasteiger partial charge in [0.2, 0.25) is 5.91 Å². The van der Waals surface area contributed by atoms with Crippen LogP contribution in [0.2, 0.25) is 0 Å². The molecule has 0 unspecified atom stereocenters. The van der Waals surface area contributed by atoms with Gasteiger partial charge in [-0.2, -0.15) is 0 Å². The van der Waals surface area contributed by atoms with Crippen LogP contribution in [0.25, 0.3) is 0 Å². The van der Waals surface area contributed by atoms with Crippen LogP contribution < -0.4 is 26.6 Å². The third-order valence-corrected chi connectivity index (χ3v) is 4.39. The van der Waals surface area contributed by atoms with E-state index in [1.165, 1.54) is 23.7 Å². The topological polar surface area (TPSA) is 120 Å². The van der Waals surface area contributed by atoms with E-state index < -0.39 is 11.2 Å². The molecule has 0 aliphatic rings. The summed E-state index contributed by atoms with van der Waals surface area (Å²) < 4.78 is 11.7. The molecule has 1 aromatic heterocycles. The number of benzene rings is 1. The molecule has 9 heteroatoms. The average Bonchev–Trinajstić information content (AvgIpc) is 2.67. The molecule has 1 heterocycles. The van der Waals surface area contributed by atoms with Crippen molar-refractivity contribution in [3.63, 3.8) is 0 Å². The third kappa shape index (κ3) is 5.26. The predicted octanol–water partition coefficient (Wildman–Crippen LogP) is 1.01. The molecule has 0 aliphatic carbocycles. The van der Waals surface area contributed by atoms with Crippen molar-refractivity contribution in [2.24, 2.45) is 5.92 Å². The maximum atomic E-state index is 13.1. The zero-order valence-electron chi connectivity index (χ0n) is 17.2. The summed E-state index contributed by atoms with van der Waals surface area (Å²) in [5.74, 6) is 0.278. The zero-order valence-corrected chi connectivity index (χ0v) is 17.2. The maximum absolute atomic E-state index is 13.1. The number of anilines is 2. The van der Waals surface area contributed by atoms with E-state index in [-0.39, 0.29) is 42.9 Å². The number of aromatic amines is 1. The van der Waals surface area contributed by atoms with Gasteiger partial charge < -0.3 is 20.1 Å². The zero-order chi connectivity index (χ0) is 21.6. The fourth-order valence-corrected chi connectivity index (χ4v) is 3.04. The first kappa shape index (κ1) is 22.2. The summed E-state index contributed by atoms with van der Waals surface area (Å²) in [6.07, 6.45) is -0.00405. The number of amides is 1. The van der Waals surface area contributed by atoms with Gasteiger partial charge in [0.1, 0.15) is 11.6 Å². The predicted molar refractivity (Wildman–Crippen MR) is 112 cm³/mol. The molecule has 0 atom stereocenters. The molecule has 2 rings (SSSR count). The number of aromatic nitrogens is 2. The molecule has 0 saturated carbocycles. The van der Waals surface area contributed by atoms with Gasteiger partial charge in [0.25, 0.3) is 5.56 Å². The minimum atomic E-state index is -0.711. The van der Waals surface area contributed by atoms with Gasteiger partial charge in [-0.3, -0.25) is 19.1 Å². The van der Waals surface area contributed by atoms with E-state index in [4.69, 9.17) is 15.2 Å². The van der Waals surface area contributed by atoms with Crippen molar-refractivity contribution in [2.75, 3.05) is 38.0 Å². The first-order valence-electron chi connectivity index (χ1n) is 9.33. The van der Waals surface area contributed by atoms with Gasteiger partial charge in [0, 0.05) is 25.8 Å². The number of ether oxygens (including phenoxy) is 2. The lowest BCUT2D eigenvalue weighted by molar-refractivity contribution is -0.118. The average molecular weight is 404 g/mol. The summed E-state index contributed by atoms with van der Waals surface area (Å²) in [6, 6.07) is 7.14. The highest BCUT2D eigenvalue weighted by atomic mass is 16.5. The van der Waals surface area contributed by atoms with E-state index in [9.17, 15) is 14.4 Å². The summed E-state index contributed by atoms with van der Waals surface area (Å²) in [5, 5.41) is 0. The van der Waals surface area contributed by atoms with E-state index in [2.05, 4.69) is 4.98 Å². The van der Waals surface area contributed by atoms with Crippen LogP contribution >= 0.6 is 0 Å². The monoisotopic (exact) mass is 404 g/mol. The van der Waals surface area contributed by atoms with Crippen LogP contribution in [0.3, 0.4) is 0 Å². The van der Waals surface area contributed by atoms with Crippen LogP contribution in [0.5, 0.6) is 5.75 Å². The van der Waals surface area contributed by atoms with Crippen LogP contribution in [0, 0.1) is 5.92 Å². The van der Waals surface area contributed by atoms with Crippen LogP contribution in [-0.4, -0.2) is 42.8 Å². The maximum Gasteiger partial charge on any atom is 0.330 e. The number of hydrogen-bond donors (Lipinski definition) is 2. The summed E-state index contributed by atoms with van der Waals surface area (Å²) >= 11 is 0. The molecule has 158 valence electrons. The number of nitrogen functional groups attached to an aromatic ring is 1. The number of carbonyl (C=O) groups is 1. The molecule has 1 aromatic carbocycles. The van der Waals surface area contributed by atoms with Crippen LogP contribution in [0.1, 0.15) is 19.4 Å². The largest absolute Gasteiger partial charge is 0.496 e. The van der Waals surface area contributed by atoms with Gasteiger partial charge >= 0.3 is 5.69 Å². The molecule has 0 fully saturated rings. The quantitative estimate of drug-likeness (QED) is 0.644. The Labute approximate surface area is 169 Å². The Hall–Kier alpha value is -3.07. The Morgan fingerprint density at radius 3 is 2.55 bits per heavy atom. The second-order valence-electron chi connectivity index (χ2n) is 7.02. The Bertz CT molecular complexity index is 964. The van der Waals surface area contributed by atoms with E-state index in [1.807, 2.05) is 13.8 Å². The molecule has 0 spiro atoms. The lowest BCUT2D eigenvalue weighted by Gasteiger charge is -2.25. The van der Waals surface area contributed by atoms with E-state index in [0.717, 1.165) is 0 Å². The molecule has 2 aromatic rings. The molecular formula is C20H28N4O5. The van der Waals surface area contributed by atoms with E-state index in [0.29, 0.717) is 17.9 Å². The number of para-hydroxylation sites is 1. The lowest BCUT2D eigenvalue weighted by atomic mass is 10.1. The second kappa shape index (κ2) is 9.92. The number of methoxy groups -OCH3 is 2. The van der Waals surface area contributed by atoms with Crippen molar-refractivity contribution in [1.29, 1.82) is 0 Å². The summed E-state index contributed by atoms with van der Waals surface area (Å²) in [7, 11) is 3.02. The number of nitrogens with one attached hydrogen (secondary N) is 1. The first-order chi connectivity index (χ1) is 13.8. The highest BCUT2D eigenvalue weighted by Gasteiger charge is 2.25. The van der Waals surface area contributed by atoms with Gasteiger partial charge in [-0.15, -0.1) is 0 Å². The van der Waals surface area contributed by atoms with Gasteiger partial charge in [0.15, 0.2) is 5.69 Å². The molecular weight excluding hydrogens is 376 g/mol. The number of hydrogen-bond acceptors (Lipinski definition) is 6. The molecule has 0 aliphatic heterocycles. The highest BCUT2D eigenvalue weighted by molar-refractivity contribution is 5.97. The fourth-order valence-electron chi connectivity index (χ4n) is 3.04. The van der Waals surface area contributed by atoms with Crippen LogP contribution in [0.15, 0.2) is 33.9 Å². The Kier molecular flexibility index (Phi) is 7.60. The van der Waals surface area contributed by atoms with Crippen molar-refractivity contribution in [2.45, 2.75) is 26.8 Å². The summed E-state index contributed by atoms with van der Waals surface area (Å²) in [4.78, 5) is 41.4. The van der Waals surface area contributed by atoms with Crippen LogP contribution in [0.4, 0.5) is 11.5 Å². The Balaban J connectivity index is 2.50. The number of H-pyrrole nitrogens is 1. The number of rotatable bonds is 9. The SMILES string of the molecule is COCCN(C(=O)Cc1ccccc1OC)c1c(N)n(CC(C)C)c(=O)[nH]c1=O. The smallest absolute Gasteiger partial charge is 0.330 e. The minimum absolute atomic E-state index is 0.00405. The molecule has 29 heavy (non-hydrogen) atoms. The van der Waals surface area contributed by atoms with Gasteiger partial charge in [-0.1, -0.05) is 32.0 Å². The molecule has 0 saturated heterocycles. The number of nitrogens with two attached hydrogens (primary N) is 1. The summed E-state index contributed by atoms with van der Waals surface area (Å²) in [5.41, 5.74) is 5.48. The molecule has 9 nitrogen and oxygen atoms in total.